The Kier molecular flexibility index (Phi) is 17.8. The van der Waals surface area contributed by atoms with E-state index < -0.39 is 43.6 Å². The van der Waals surface area contributed by atoms with Gasteiger partial charge in [0.25, 0.3) is 5.91 Å². The van der Waals surface area contributed by atoms with Gasteiger partial charge >= 0.3 is 18.3 Å². The van der Waals surface area contributed by atoms with Crippen LogP contribution in [0.2, 0.25) is 0 Å². The number of halogens is 6. The fourth-order valence-electron chi connectivity index (χ4n) is 7.08. The molecule has 0 radical (unpaired) electrons. The topological polar surface area (TPSA) is 222 Å². The zero-order valence-corrected chi connectivity index (χ0v) is 37.7. The number of nitrogens with two attached hydrogens (primary N) is 1. The number of carboxylic acid groups (broad SMARTS) is 1. The fourth-order valence-corrected chi connectivity index (χ4v) is 7.08. The molecule has 17 nitrogen and oxygen atoms in total. The smallest absolute Gasteiger partial charge is 0.390 e. The number of carbonyl (C=O) groups excluding carboxylic acids is 1. The molecule has 368 valence electrons. The second-order valence-corrected chi connectivity index (χ2v) is 16.0. The highest BCUT2D eigenvalue weighted by Gasteiger charge is 2.27. The lowest BCUT2D eigenvalue weighted by atomic mass is 10.1. The van der Waals surface area contributed by atoms with Gasteiger partial charge in [-0.05, 0) is 74.9 Å². The molecule has 2 aliphatic heterocycles. The molecule has 1 amide bonds. The molecule has 2 fully saturated rings. The molecule has 0 atom stereocenters. The molecule has 23 heteroatoms. The first kappa shape index (κ1) is 51.4. The van der Waals surface area contributed by atoms with Crippen molar-refractivity contribution in [1.82, 2.24) is 44.8 Å². The van der Waals surface area contributed by atoms with Gasteiger partial charge in [-0.25, -0.2) is 24.7 Å². The summed E-state index contributed by atoms with van der Waals surface area (Å²) in [5.41, 5.74) is 11.5. The van der Waals surface area contributed by atoms with Crippen molar-refractivity contribution in [2.24, 2.45) is 5.73 Å². The van der Waals surface area contributed by atoms with Gasteiger partial charge in [0.2, 0.25) is 11.9 Å². The summed E-state index contributed by atoms with van der Waals surface area (Å²) < 4.78 is 84.4. The standard InChI is InChI=1S/C23H25F3N6O2.C20H21N5O3.C3H6F3N/c1-15-12-28-22(30-18-13-29-32(14-18)19-6-10-34-11-7-19)31-20(15)16-2-4-17(5-3-16)21(33)27-9-8-23(24,25)26;1-13-10-21-20(24-18(13)14-2-4-15(5-3-14)19(26)27)23-16-11-22-25(12-16)17-6-8-28-9-7-17;4-3(5,6)1-2-7/h2-5,12-14,19H,6-11H2,1H3,(H,27,33)(H,28,30,31);2-5,10-12,17H,6-9H2,1H3,(H,26,27)(H,21,23,24);1-2,7H2. The van der Waals surface area contributed by atoms with Crippen LogP contribution in [0.4, 0.5) is 49.6 Å². The van der Waals surface area contributed by atoms with Crippen LogP contribution in [0.1, 0.15) is 82.5 Å². The van der Waals surface area contributed by atoms with Crippen molar-refractivity contribution in [3.8, 4) is 22.5 Å². The highest BCUT2D eigenvalue weighted by atomic mass is 19.4. The van der Waals surface area contributed by atoms with Crippen molar-refractivity contribution in [2.45, 2.75) is 76.8 Å². The van der Waals surface area contributed by atoms with Gasteiger partial charge in [0, 0.05) is 81.0 Å². The Morgan fingerprint density at radius 1 is 0.667 bits per heavy atom. The summed E-state index contributed by atoms with van der Waals surface area (Å²) in [6.45, 7) is 6.00. The highest BCUT2D eigenvalue weighted by molar-refractivity contribution is 5.94. The summed E-state index contributed by atoms with van der Waals surface area (Å²) in [6, 6.07) is 13.9. The Morgan fingerprint density at radius 2 is 1.09 bits per heavy atom. The van der Waals surface area contributed by atoms with Gasteiger partial charge in [-0.2, -0.15) is 36.5 Å². The molecule has 4 aromatic heterocycles. The van der Waals surface area contributed by atoms with E-state index in [2.05, 4.69) is 51.8 Å². The summed E-state index contributed by atoms with van der Waals surface area (Å²) in [5.74, 6) is -0.635. The molecule has 0 spiro atoms. The summed E-state index contributed by atoms with van der Waals surface area (Å²) in [4.78, 5) is 41.0. The molecule has 6 aromatic rings. The molecule has 0 unspecified atom stereocenters. The van der Waals surface area contributed by atoms with Crippen molar-refractivity contribution < 1.29 is 50.5 Å². The normalized spacial score (nSPS) is 14.4. The number of nitrogens with zero attached hydrogens (tertiary/aromatic N) is 8. The molecule has 6 N–H and O–H groups in total. The number of anilines is 4. The number of aromatic nitrogens is 8. The Balaban J connectivity index is 0.000000202. The SMILES string of the molecule is Cc1cnc(Nc2cnn(C3CCOCC3)c2)nc1-c1ccc(C(=O)NCCC(F)(F)F)cc1.Cc1cnc(Nc2cnn(C3CCOCC3)c2)nc1-c1ccc(C(=O)O)cc1.NCCC(F)(F)F. The summed E-state index contributed by atoms with van der Waals surface area (Å²) in [5, 5.41) is 26.6. The Hall–Kier alpha value is -6.98. The average molecular weight is 967 g/mol. The number of rotatable bonds is 13. The summed E-state index contributed by atoms with van der Waals surface area (Å²) in [7, 11) is 0. The number of carbonyl (C=O) groups is 2. The van der Waals surface area contributed by atoms with Crippen molar-refractivity contribution in [3.05, 3.63) is 108 Å². The van der Waals surface area contributed by atoms with Crippen LogP contribution < -0.4 is 21.7 Å². The van der Waals surface area contributed by atoms with E-state index >= 15 is 0 Å². The number of carboxylic acids is 1. The van der Waals surface area contributed by atoms with E-state index in [1.165, 1.54) is 0 Å². The van der Waals surface area contributed by atoms with Crippen LogP contribution in [-0.4, -0.2) is 108 Å². The van der Waals surface area contributed by atoms with E-state index in [4.69, 9.17) is 14.6 Å². The van der Waals surface area contributed by atoms with E-state index in [1.807, 2.05) is 35.6 Å². The molecule has 0 bridgehead atoms. The minimum Gasteiger partial charge on any atom is -0.478 e. The Labute approximate surface area is 392 Å². The number of ether oxygens (including phenoxy) is 2. The number of hydrogen-bond donors (Lipinski definition) is 5. The monoisotopic (exact) mass is 966 g/mol. The van der Waals surface area contributed by atoms with Crippen molar-refractivity contribution >= 4 is 35.1 Å². The first-order chi connectivity index (χ1) is 32.9. The molecule has 8 rings (SSSR count). The van der Waals surface area contributed by atoms with E-state index in [1.54, 1.807) is 73.3 Å². The van der Waals surface area contributed by atoms with Crippen LogP contribution in [0.5, 0.6) is 0 Å². The third-order valence-corrected chi connectivity index (χ3v) is 10.7. The van der Waals surface area contributed by atoms with Crippen LogP contribution in [0.25, 0.3) is 22.5 Å². The van der Waals surface area contributed by atoms with Gasteiger partial charge < -0.3 is 36.3 Å². The second kappa shape index (κ2) is 23.8. The minimum absolute atomic E-state index is 0.245. The van der Waals surface area contributed by atoms with E-state index in [0.717, 1.165) is 91.4 Å². The van der Waals surface area contributed by atoms with Crippen LogP contribution >= 0.6 is 0 Å². The van der Waals surface area contributed by atoms with Gasteiger partial charge in [-0.1, -0.05) is 24.3 Å². The maximum atomic E-state index is 12.3. The summed E-state index contributed by atoms with van der Waals surface area (Å²) in [6.07, 6.45) is 4.24. The molecule has 2 aliphatic rings. The van der Waals surface area contributed by atoms with Gasteiger partial charge in [-0.15, -0.1) is 0 Å². The maximum Gasteiger partial charge on any atom is 0.390 e. The number of aromatic carboxylic acids is 1. The zero-order chi connectivity index (χ0) is 49.6. The second-order valence-electron chi connectivity index (χ2n) is 16.0. The largest absolute Gasteiger partial charge is 0.478 e. The average Bonchev–Trinajstić information content (AvgIpc) is 4.01. The predicted octanol–water partition coefficient (Wildman–Crippen LogP) is 8.77. The van der Waals surface area contributed by atoms with Crippen molar-refractivity contribution in [1.29, 1.82) is 0 Å². The molecule has 6 heterocycles. The Bertz CT molecular complexity index is 2590. The number of alkyl halides is 6. The van der Waals surface area contributed by atoms with Crippen molar-refractivity contribution in [2.75, 3.05) is 50.2 Å². The van der Waals surface area contributed by atoms with E-state index in [9.17, 15) is 35.9 Å². The lowest BCUT2D eigenvalue weighted by Gasteiger charge is -2.22. The van der Waals surface area contributed by atoms with Gasteiger partial charge in [0.05, 0.1) is 65.6 Å². The molecule has 69 heavy (non-hydrogen) atoms. The molecular weight excluding hydrogens is 915 g/mol. The summed E-state index contributed by atoms with van der Waals surface area (Å²) >= 11 is 0. The van der Waals surface area contributed by atoms with E-state index in [-0.39, 0.29) is 17.7 Å². The third-order valence-electron chi connectivity index (χ3n) is 10.7. The number of hydrogen-bond acceptors (Lipinski definition) is 13. The first-order valence-electron chi connectivity index (χ1n) is 22.0. The minimum atomic E-state index is -4.31. The fraction of sp³-hybridized carbons (Fsp3) is 0.391. The van der Waals surface area contributed by atoms with Crippen LogP contribution in [0.15, 0.2) is 85.7 Å². The number of benzene rings is 2. The first-order valence-corrected chi connectivity index (χ1v) is 22.0. The van der Waals surface area contributed by atoms with Crippen LogP contribution in [-0.2, 0) is 9.47 Å². The quantitative estimate of drug-likeness (QED) is 0.0683. The predicted molar refractivity (Wildman–Crippen MR) is 243 cm³/mol. The van der Waals surface area contributed by atoms with Crippen LogP contribution in [0.3, 0.4) is 0 Å². The van der Waals surface area contributed by atoms with Crippen LogP contribution in [0, 0.1) is 13.8 Å². The molecule has 2 saturated heterocycles. The van der Waals surface area contributed by atoms with E-state index in [0.29, 0.717) is 29.7 Å². The number of amides is 1. The maximum absolute atomic E-state index is 12.3. The van der Waals surface area contributed by atoms with Gasteiger partial charge in [0.15, 0.2) is 0 Å². The zero-order valence-electron chi connectivity index (χ0n) is 37.7. The third kappa shape index (κ3) is 15.8. The molecule has 0 aliphatic carbocycles. The van der Waals surface area contributed by atoms with Gasteiger partial charge in [-0.3, -0.25) is 14.2 Å². The lowest BCUT2D eigenvalue weighted by Crippen LogP contribution is -2.27. The molecule has 0 saturated carbocycles. The number of aryl methyl sites for hydroxylation is 2. The Morgan fingerprint density at radius 3 is 1.46 bits per heavy atom. The highest BCUT2D eigenvalue weighted by Crippen LogP contribution is 2.28. The van der Waals surface area contributed by atoms with Gasteiger partial charge in [0.1, 0.15) is 0 Å². The molecular formula is C46H52F6N12O5. The number of nitrogens with one attached hydrogen (secondary N) is 3. The lowest BCUT2D eigenvalue weighted by molar-refractivity contribution is -0.133. The molecule has 2 aromatic carbocycles. The van der Waals surface area contributed by atoms with Crippen molar-refractivity contribution in [3.63, 3.8) is 0 Å².